The summed E-state index contributed by atoms with van der Waals surface area (Å²) in [5, 5.41) is 3.84. The van der Waals surface area contributed by atoms with Gasteiger partial charge in [0, 0.05) is 9.50 Å². The molecule has 1 heterocycles. The van der Waals surface area contributed by atoms with Gasteiger partial charge in [-0.2, -0.15) is 0 Å². The average Bonchev–Trinajstić information content (AvgIpc) is 2.95. The Bertz CT molecular complexity index is 931. The van der Waals surface area contributed by atoms with E-state index >= 15 is 0 Å². The van der Waals surface area contributed by atoms with Crippen LogP contribution < -0.4 is 14.8 Å². The van der Waals surface area contributed by atoms with Crippen LogP contribution in [0.4, 0.5) is 5.69 Å². The van der Waals surface area contributed by atoms with Gasteiger partial charge < -0.3 is 14.8 Å². The SMILES string of the molecule is COc1cc(Br)c(C=C2SC(=Nc3cccc(Cl)c3)NC2=O)cc1OC. The normalized spacial score (nSPS) is 16.8. The lowest BCUT2D eigenvalue weighted by molar-refractivity contribution is -0.115. The van der Waals surface area contributed by atoms with E-state index in [2.05, 4.69) is 26.2 Å². The minimum Gasteiger partial charge on any atom is -0.493 e. The molecule has 1 aliphatic heterocycles. The molecule has 1 aliphatic rings. The van der Waals surface area contributed by atoms with Crippen molar-refractivity contribution < 1.29 is 14.3 Å². The van der Waals surface area contributed by atoms with Gasteiger partial charge in [0.1, 0.15) is 0 Å². The highest BCUT2D eigenvalue weighted by Crippen LogP contribution is 2.36. The summed E-state index contributed by atoms with van der Waals surface area (Å²) in [6, 6.07) is 10.7. The first-order valence-corrected chi connectivity index (χ1v) is 9.45. The number of nitrogens with one attached hydrogen (secondary N) is 1. The summed E-state index contributed by atoms with van der Waals surface area (Å²) in [5.41, 5.74) is 1.47. The zero-order valence-corrected chi connectivity index (χ0v) is 17.0. The molecule has 1 saturated heterocycles. The molecule has 0 bridgehead atoms. The Morgan fingerprint density at radius 3 is 2.62 bits per heavy atom. The maximum absolute atomic E-state index is 12.3. The summed E-state index contributed by atoms with van der Waals surface area (Å²) >= 11 is 10.7. The molecule has 2 aromatic rings. The van der Waals surface area contributed by atoms with Gasteiger partial charge in [-0.3, -0.25) is 4.79 Å². The molecule has 1 N–H and O–H groups in total. The van der Waals surface area contributed by atoms with Crippen molar-refractivity contribution in [2.24, 2.45) is 4.99 Å². The zero-order chi connectivity index (χ0) is 18.7. The number of aliphatic imine (C=N–C) groups is 1. The molecule has 3 rings (SSSR count). The molecule has 0 unspecified atom stereocenters. The van der Waals surface area contributed by atoms with Gasteiger partial charge in [0.2, 0.25) is 0 Å². The number of amidine groups is 1. The Labute approximate surface area is 168 Å². The summed E-state index contributed by atoms with van der Waals surface area (Å²) in [6.07, 6.45) is 1.77. The fourth-order valence-corrected chi connectivity index (χ4v) is 3.72. The van der Waals surface area contributed by atoms with Crippen molar-refractivity contribution in [3.8, 4) is 11.5 Å². The van der Waals surface area contributed by atoms with E-state index in [1.54, 1.807) is 50.6 Å². The Hall–Kier alpha value is -1.96. The smallest absolute Gasteiger partial charge is 0.264 e. The molecule has 0 aliphatic carbocycles. The standard InChI is InChI=1S/C18H14BrClN2O3S/c1-24-14-6-10(13(19)9-15(14)25-2)7-16-17(23)22-18(26-16)21-12-5-3-4-11(20)8-12/h3-9H,1-2H3,(H,21,22,23). The zero-order valence-electron chi connectivity index (χ0n) is 13.9. The van der Waals surface area contributed by atoms with E-state index in [1.807, 2.05) is 6.07 Å². The van der Waals surface area contributed by atoms with Crippen LogP contribution in [0.3, 0.4) is 0 Å². The number of amides is 1. The molecule has 134 valence electrons. The summed E-state index contributed by atoms with van der Waals surface area (Å²) < 4.78 is 11.4. The highest BCUT2D eigenvalue weighted by molar-refractivity contribution is 9.10. The molecule has 26 heavy (non-hydrogen) atoms. The quantitative estimate of drug-likeness (QED) is 0.661. The molecule has 1 fully saturated rings. The predicted molar refractivity (Wildman–Crippen MR) is 110 cm³/mol. The van der Waals surface area contributed by atoms with Crippen LogP contribution in [0.5, 0.6) is 11.5 Å². The number of carbonyl (C=O) groups excluding carboxylic acids is 1. The third-order valence-corrected chi connectivity index (χ3v) is 5.31. The summed E-state index contributed by atoms with van der Waals surface area (Å²) in [4.78, 5) is 17.2. The number of benzene rings is 2. The molecule has 2 aromatic carbocycles. The number of nitrogens with zero attached hydrogens (tertiary/aromatic N) is 1. The van der Waals surface area contributed by atoms with Gasteiger partial charge in [-0.1, -0.05) is 33.6 Å². The minimum atomic E-state index is -0.211. The van der Waals surface area contributed by atoms with Gasteiger partial charge in [-0.05, 0) is 53.7 Å². The first-order valence-electron chi connectivity index (χ1n) is 7.47. The number of hydrogen-bond donors (Lipinski definition) is 1. The van der Waals surface area contributed by atoms with Gasteiger partial charge >= 0.3 is 0 Å². The minimum absolute atomic E-state index is 0.211. The van der Waals surface area contributed by atoms with Crippen LogP contribution in [0.15, 0.2) is 50.8 Å². The molecule has 0 aromatic heterocycles. The largest absolute Gasteiger partial charge is 0.493 e. The lowest BCUT2D eigenvalue weighted by atomic mass is 10.2. The highest BCUT2D eigenvalue weighted by Gasteiger charge is 2.24. The fraction of sp³-hybridized carbons (Fsp3) is 0.111. The average molecular weight is 454 g/mol. The van der Waals surface area contributed by atoms with Crippen molar-refractivity contribution in [3.63, 3.8) is 0 Å². The molecule has 1 amide bonds. The van der Waals surface area contributed by atoms with E-state index in [1.165, 1.54) is 11.8 Å². The Balaban J connectivity index is 1.89. The van der Waals surface area contributed by atoms with Gasteiger partial charge in [0.15, 0.2) is 16.7 Å². The van der Waals surface area contributed by atoms with Crippen molar-refractivity contribution in [2.45, 2.75) is 0 Å². The van der Waals surface area contributed by atoms with E-state index < -0.39 is 0 Å². The highest BCUT2D eigenvalue weighted by atomic mass is 79.9. The van der Waals surface area contributed by atoms with Crippen molar-refractivity contribution in [1.29, 1.82) is 0 Å². The Morgan fingerprint density at radius 1 is 1.19 bits per heavy atom. The second-order valence-corrected chi connectivity index (χ2v) is 7.51. The van der Waals surface area contributed by atoms with E-state index in [0.29, 0.717) is 32.3 Å². The van der Waals surface area contributed by atoms with E-state index in [9.17, 15) is 4.79 Å². The fourth-order valence-electron chi connectivity index (χ4n) is 2.27. The number of halogens is 2. The number of thioether (sulfide) groups is 1. The first-order chi connectivity index (χ1) is 12.5. The van der Waals surface area contributed by atoms with Crippen LogP contribution >= 0.6 is 39.3 Å². The van der Waals surface area contributed by atoms with Crippen LogP contribution in [-0.4, -0.2) is 25.3 Å². The number of ether oxygens (including phenoxy) is 2. The molecule has 0 saturated carbocycles. The van der Waals surface area contributed by atoms with Gasteiger partial charge in [-0.25, -0.2) is 4.99 Å². The van der Waals surface area contributed by atoms with E-state index in [-0.39, 0.29) is 5.91 Å². The van der Waals surface area contributed by atoms with E-state index in [0.717, 1.165) is 10.0 Å². The Morgan fingerprint density at radius 2 is 1.92 bits per heavy atom. The third-order valence-electron chi connectivity index (χ3n) is 3.48. The van der Waals surface area contributed by atoms with Gasteiger partial charge in [0.05, 0.1) is 24.8 Å². The second-order valence-electron chi connectivity index (χ2n) is 5.19. The van der Waals surface area contributed by atoms with Crippen LogP contribution in [-0.2, 0) is 4.79 Å². The number of carbonyl (C=O) groups is 1. The summed E-state index contributed by atoms with van der Waals surface area (Å²) in [7, 11) is 3.14. The Kier molecular flexibility index (Phi) is 5.90. The lowest BCUT2D eigenvalue weighted by Gasteiger charge is -2.10. The molecule has 8 heteroatoms. The number of rotatable bonds is 4. The predicted octanol–water partition coefficient (Wildman–Crippen LogP) is 5.01. The molecule has 5 nitrogen and oxygen atoms in total. The number of methoxy groups -OCH3 is 2. The summed E-state index contributed by atoms with van der Waals surface area (Å²) in [6.45, 7) is 0. The molecule has 0 radical (unpaired) electrons. The molecule has 0 spiro atoms. The first kappa shape index (κ1) is 18.8. The van der Waals surface area contributed by atoms with Gasteiger partial charge in [-0.15, -0.1) is 0 Å². The third kappa shape index (κ3) is 4.23. The monoisotopic (exact) mass is 452 g/mol. The van der Waals surface area contributed by atoms with Gasteiger partial charge in [0.25, 0.3) is 5.91 Å². The van der Waals surface area contributed by atoms with Crippen LogP contribution in [0.1, 0.15) is 5.56 Å². The van der Waals surface area contributed by atoms with Crippen LogP contribution in [0.2, 0.25) is 5.02 Å². The van der Waals surface area contributed by atoms with Crippen molar-refractivity contribution in [2.75, 3.05) is 14.2 Å². The lowest BCUT2D eigenvalue weighted by Crippen LogP contribution is -2.19. The van der Waals surface area contributed by atoms with Crippen LogP contribution in [0, 0.1) is 0 Å². The molecular weight excluding hydrogens is 440 g/mol. The van der Waals surface area contributed by atoms with Crippen LogP contribution in [0.25, 0.3) is 6.08 Å². The van der Waals surface area contributed by atoms with Crippen molar-refractivity contribution >= 4 is 62.1 Å². The molecule has 0 atom stereocenters. The maximum Gasteiger partial charge on any atom is 0.264 e. The topological polar surface area (TPSA) is 59.9 Å². The van der Waals surface area contributed by atoms with Crippen molar-refractivity contribution in [1.82, 2.24) is 5.32 Å². The van der Waals surface area contributed by atoms with E-state index in [4.69, 9.17) is 21.1 Å². The summed E-state index contributed by atoms with van der Waals surface area (Å²) in [5.74, 6) is 0.976. The maximum atomic E-state index is 12.3. The number of hydrogen-bond acceptors (Lipinski definition) is 5. The van der Waals surface area contributed by atoms with Crippen molar-refractivity contribution in [3.05, 3.63) is 56.4 Å². The molecular formula is C18H14BrClN2O3S. The second kappa shape index (κ2) is 8.16.